The monoisotopic (exact) mass is 244 g/mol. The van der Waals surface area contributed by atoms with Crippen LogP contribution in [0.2, 0.25) is 0 Å². The highest BCUT2D eigenvalue weighted by atomic mass is 16.2. The topological polar surface area (TPSA) is 63.4 Å². The van der Waals surface area contributed by atoms with E-state index < -0.39 is 0 Å². The van der Waals surface area contributed by atoms with E-state index in [4.69, 9.17) is 5.73 Å². The maximum Gasteiger partial charge on any atom is 0.263 e. The van der Waals surface area contributed by atoms with Gasteiger partial charge in [-0.2, -0.15) is 0 Å². The minimum atomic E-state index is -0.229. The smallest absolute Gasteiger partial charge is 0.263 e. The Labute approximate surface area is 106 Å². The summed E-state index contributed by atoms with van der Waals surface area (Å²) in [5.41, 5.74) is 7.02. The molecular weight excluding hydrogens is 228 g/mol. The van der Waals surface area contributed by atoms with Crippen molar-refractivity contribution in [3.05, 3.63) is 29.3 Å². The molecule has 4 nitrogen and oxygen atoms in total. The molecule has 0 unspecified atom stereocenters. The van der Waals surface area contributed by atoms with Gasteiger partial charge in [-0.1, -0.05) is 25.3 Å². The predicted molar refractivity (Wildman–Crippen MR) is 68.2 cm³/mol. The zero-order chi connectivity index (χ0) is 12.7. The molecule has 1 aliphatic heterocycles. The number of benzene rings is 1. The summed E-state index contributed by atoms with van der Waals surface area (Å²) in [6.45, 7) is 0.524. The van der Waals surface area contributed by atoms with E-state index in [1.807, 2.05) is 0 Å². The summed E-state index contributed by atoms with van der Waals surface area (Å²) < 4.78 is 0. The number of anilines is 1. The Hall–Kier alpha value is -1.84. The van der Waals surface area contributed by atoms with Gasteiger partial charge < -0.3 is 5.73 Å². The highest BCUT2D eigenvalue weighted by molar-refractivity contribution is 6.23. The van der Waals surface area contributed by atoms with Crippen LogP contribution in [0.1, 0.15) is 46.4 Å². The van der Waals surface area contributed by atoms with Crippen molar-refractivity contribution in [2.45, 2.75) is 25.7 Å². The van der Waals surface area contributed by atoms with Gasteiger partial charge >= 0.3 is 0 Å². The number of hydrogen-bond acceptors (Lipinski definition) is 3. The van der Waals surface area contributed by atoms with Gasteiger partial charge in [0.1, 0.15) is 0 Å². The summed E-state index contributed by atoms with van der Waals surface area (Å²) in [6, 6.07) is 5.06. The molecule has 1 fully saturated rings. The molecule has 4 heteroatoms. The van der Waals surface area contributed by atoms with Gasteiger partial charge in [0.05, 0.1) is 11.1 Å². The molecule has 18 heavy (non-hydrogen) atoms. The molecule has 0 saturated heterocycles. The Morgan fingerprint density at radius 3 is 2.61 bits per heavy atom. The maximum atomic E-state index is 12.2. The molecule has 0 radical (unpaired) electrons. The third-order valence-electron chi connectivity index (χ3n) is 4.02. The minimum absolute atomic E-state index is 0.193. The van der Waals surface area contributed by atoms with Crippen molar-refractivity contribution < 1.29 is 9.59 Å². The number of imide groups is 1. The number of hydrogen-bond donors (Lipinski definition) is 1. The van der Waals surface area contributed by atoms with E-state index in [0.717, 1.165) is 6.42 Å². The molecule has 3 rings (SSSR count). The molecular formula is C14H16N2O2. The van der Waals surface area contributed by atoms with E-state index in [9.17, 15) is 9.59 Å². The molecule has 1 aromatic carbocycles. The molecule has 0 atom stereocenters. The van der Waals surface area contributed by atoms with E-state index in [1.165, 1.54) is 24.2 Å². The van der Waals surface area contributed by atoms with Crippen LogP contribution in [0.15, 0.2) is 18.2 Å². The Morgan fingerprint density at radius 1 is 1.22 bits per heavy atom. The van der Waals surface area contributed by atoms with Crippen LogP contribution in [-0.4, -0.2) is 23.3 Å². The van der Waals surface area contributed by atoms with Crippen molar-refractivity contribution in [2.75, 3.05) is 12.3 Å². The van der Waals surface area contributed by atoms with Crippen molar-refractivity contribution in [3.63, 3.8) is 0 Å². The molecule has 1 aromatic rings. The van der Waals surface area contributed by atoms with Crippen molar-refractivity contribution >= 4 is 17.5 Å². The van der Waals surface area contributed by atoms with Gasteiger partial charge in [-0.25, -0.2) is 0 Å². The van der Waals surface area contributed by atoms with Crippen LogP contribution in [0.5, 0.6) is 0 Å². The summed E-state index contributed by atoms with van der Waals surface area (Å²) in [6.07, 6.45) is 4.65. The quantitative estimate of drug-likeness (QED) is 0.653. The average Bonchev–Trinajstić information content (AvgIpc) is 2.53. The first kappa shape index (κ1) is 11.3. The second kappa shape index (κ2) is 4.12. The van der Waals surface area contributed by atoms with Crippen LogP contribution in [0.4, 0.5) is 5.69 Å². The van der Waals surface area contributed by atoms with Crippen molar-refractivity contribution in [1.29, 1.82) is 0 Å². The lowest BCUT2D eigenvalue weighted by atomic mass is 9.83. The van der Waals surface area contributed by atoms with Gasteiger partial charge in [-0.15, -0.1) is 0 Å². The third kappa shape index (κ3) is 1.60. The Bertz CT molecular complexity index is 521. The van der Waals surface area contributed by atoms with E-state index in [2.05, 4.69) is 0 Å². The highest BCUT2D eigenvalue weighted by Crippen LogP contribution is 2.32. The third-order valence-corrected chi connectivity index (χ3v) is 4.02. The lowest BCUT2D eigenvalue weighted by molar-refractivity contribution is 0.0638. The molecule has 2 aliphatic rings. The second-order valence-electron chi connectivity index (χ2n) is 5.12. The van der Waals surface area contributed by atoms with Crippen molar-refractivity contribution in [3.8, 4) is 0 Å². The van der Waals surface area contributed by atoms with Gasteiger partial charge in [-0.3, -0.25) is 14.5 Å². The number of amides is 2. The molecule has 1 saturated carbocycles. The van der Waals surface area contributed by atoms with Gasteiger partial charge in [-0.05, 0) is 24.5 Å². The predicted octanol–water partition coefficient (Wildman–Crippen LogP) is 2.06. The SMILES string of the molecule is Nc1cccc2c1C(=O)N(CCC1CCC1)C2=O. The van der Waals surface area contributed by atoms with Crippen LogP contribution < -0.4 is 5.73 Å². The summed E-state index contributed by atoms with van der Waals surface area (Å²) in [7, 11) is 0. The van der Waals surface area contributed by atoms with Crippen LogP contribution >= 0.6 is 0 Å². The number of rotatable bonds is 3. The average molecular weight is 244 g/mol. The lowest BCUT2D eigenvalue weighted by Gasteiger charge is -2.26. The number of nitrogens with two attached hydrogens (primary N) is 1. The molecule has 1 heterocycles. The first-order valence-corrected chi connectivity index (χ1v) is 6.43. The Morgan fingerprint density at radius 2 is 2.00 bits per heavy atom. The summed E-state index contributed by atoms with van der Waals surface area (Å²) in [5.74, 6) is 0.265. The van der Waals surface area contributed by atoms with E-state index >= 15 is 0 Å². The molecule has 2 N–H and O–H groups in total. The van der Waals surface area contributed by atoms with Gasteiger partial charge in [0.25, 0.3) is 11.8 Å². The normalized spacial score (nSPS) is 19.0. The first-order valence-electron chi connectivity index (χ1n) is 6.43. The fraction of sp³-hybridized carbons (Fsp3) is 0.429. The molecule has 0 bridgehead atoms. The zero-order valence-corrected chi connectivity index (χ0v) is 10.2. The molecule has 94 valence electrons. The Balaban J connectivity index is 1.80. The molecule has 0 spiro atoms. The molecule has 0 aromatic heterocycles. The standard InChI is InChI=1S/C14H16N2O2/c15-11-6-2-5-10-12(11)14(18)16(13(10)17)8-7-9-3-1-4-9/h2,5-6,9H,1,3-4,7-8,15H2. The van der Waals surface area contributed by atoms with Gasteiger partial charge in [0.2, 0.25) is 0 Å². The number of carbonyl (C=O) groups is 2. The van der Waals surface area contributed by atoms with Crippen molar-refractivity contribution in [2.24, 2.45) is 5.92 Å². The molecule has 1 aliphatic carbocycles. The van der Waals surface area contributed by atoms with Crippen LogP contribution in [-0.2, 0) is 0 Å². The van der Waals surface area contributed by atoms with Crippen LogP contribution in [0.25, 0.3) is 0 Å². The number of carbonyl (C=O) groups excluding carboxylic acids is 2. The minimum Gasteiger partial charge on any atom is -0.398 e. The fourth-order valence-electron chi connectivity index (χ4n) is 2.66. The van der Waals surface area contributed by atoms with E-state index in [-0.39, 0.29) is 11.8 Å². The number of fused-ring (bicyclic) bond motifs is 1. The summed E-state index contributed by atoms with van der Waals surface area (Å²) in [5, 5.41) is 0. The molecule has 2 amide bonds. The largest absolute Gasteiger partial charge is 0.398 e. The Kier molecular flexibility index (Phi) is 2.58. The van der Waals surface area contributed by atoms with E-state index in [0.29, 0.717) is 29.3 Å². The first-order chi connectivity index (χ1) is 8.68. The maximum absolute atomic E-state index is 12.2. The number of nitrogen functional groups attached to an aromatic ring is 1. The summed E-state index contributed by atoms with van der Waals surface area (Å²) in [4.78, 5) is 25.6. The van der Waals surface area contributed by atoms with Crippen LogP contribution in [0, 0.1) is 5.92 Å². The van der Waals surface area contributed by atoms with Gasteiger partial charge in [0, 0.05) is 12.2 Å². The number of nitrogens with zero attached hydrogens (tertiary/aromatic N) is 1. The van der Waals surface area contributed by atoms with Gasteiger partial charge in [0.15, 0.2) is 0 Å². The van der Waals surface area contributed by atoms with Crippen molar-refractivity contribution in [1.82, 2.24) is 4.90 Å². The lowest BCUT2D eigenvalue weighted by Crippen LogP contribution is -2.32. The summed E-state index contributed by atoms with van der Waals surface area (Å²) >= 11 is 0. The van der Waals surface area contributed by atoms with Crippen LogP contribution in [0.3, 0.4) is 0 Å². The zero-order valence-electron chi connectivity index (χ0n) is 10.2. The fourth-order valence-corrected chi connectivity index (χ4v) is 2.66. The van der Waals surface area contributed by atoms with E-state index in [1.54, 1.807) is 18.2 Å². The highest BCUT2D eigenvalue weighted by Gasteiger charge is 2.37. The second-order valence-corrected chi connectivity index (χ2v) is 5.12.